The van der Waals surface area contributed by atoms with Gasteiger partial charge in [-0.3, -0.25) is 14.4 Å². The zero-order valence-electron chi connectivity index (χ0n) is 18.3. The molecule has 0 atom stereocenters. The molecule has 0 unspecified atom stereocenters. The first-order chi connectivity index (χ1) is 14.7. The topological polar surface area (TPSA) is 85.6 Å². The molecule has 1 amide bonds. The first-order valence-electron chi connectivity index (χ1n) is 10.3. The number of hydrogen-bond donors (Lipinski definition) is 1. The van der Waals surface area contributed by atoms with Crippen LogP contribution in [0.25, 0.3) is 11.0 Å². The number of fused-ring (bicyclic) bond motifs is 1. The minimum Gasteiger partial charge on any atom is -0.464 e. The number of ketones is 1. The van der Waals surface area contributed by atoms with Crippen LogP contribution in [-0.2, 0) is 20.7 Å². The molecule has 0 aliphatic heterocycles. The normalized spacial score (nSPS) is 11.0. The smallest absolute Gasteiger partial charge is 0.310 e. The van der Waals surface area contributed by atoms with Gasteiger partial charge in [0.15, 0.2) is 12.4 Å². The van der Waals surface area contributed by atoms with E-state index in [4.69, 9.17) is 9.15 Å². The molecule has 3 rings (SSSR count). The number of ether oxygens (including phenoxy) is 1. The Morgan fingerprint density at radius 1 is 1.03 bits per heavy atom. The molecule has 162 valence electrons. The number of Topliss-reactive ketones (excluding diaryl/α,β-unsaturated/α-hetero) is 1. The molecule has 0 bridgehead atoms. The number of carbonyl (C=O) groups excluding carboxylic acids is 3. The summed E-state index contributed by atoms with van der Waals surface area (Å²) in [5.41, 5.74) is 4.72. The Labute approximate surface area is 181 Å². The Kier molecular flexibility index (Phi) is 6.90. The molecule has 0 spiro atoms. The number of nitrogens with one attached hydrogen (secondary N) is 1. The maximum atomic E-state index is 12.3. The van der Waals surface area contributed by atoms with Gasteiger partial charge in [-0.25, -0.2) is 0 Å². The fourth-order valence-corrected chi connectivity index (χ4v) is 3.23. The predicted octanol–water partition coefficient (Wildman–Crippen LogP) is 5.00. The third-order valence-electron chi connectivity index (χ3n) is 5.05. The summed E-state index contributed by atoms with van der Waals surface area (Å²) in [6.45, 7) is 7.61. The van der Waals surface area contributed by atoms with Gasteiger partial charge in [0.05, 0.1) is 12.7 Å². The molecule has 0 aliphatic carbocycles. The average molecular weight is 421 g/mol. The van der Waals surface area contributed by atoms with Crippen molar-refractivity contribution in [3.8, 4) is 0 Å². The first-order valence-corrected chi connectivity index (χ1v) is 10.3. The van der Waals surface area contributed by atoms with Crippen LogP contribution in [0.1, 0.15) is 47.3 Å². The number of furan rings is 1. The zero-order valence-corrected chi connectivity index (χ0v) is 18.3. The van der Waals surface area contributed by atoms with Gasteiger partial charge in [-0.05, 0) is 67.3 Å². The molecule has 6 heteroatoms. The van der Waals surface area contributed by atoms with Crippen molar-refractivity contribution in [2.75, 3.05) is 11.9 Å². The van der Waals surface area contributed by atoms with Crippen molar-refractivity contribution in [2.24, 2.45) is 5.92 Å². The van der Waals surface area contributed by atoms with Crippen molar-refractivity contribution in [2.45, 2.75) is 40.5 Å². The molecule has 2 aromatic carbocycles. The molecule has 0 fully saturated rings. The number of aryl methyl sites for hydroxylation is 2. The second-order valence-corrected chi connectivity index (χ2v) is 8.18. The van der Waals surface area contributed by atoms with Crippen LogP contribution in [0.2, 0.25) is 0 Å². The van der Waals surface area contributed by atoms with Gasteiger partial charge in [-0.15, -0.1) is 0 Å². The fraction of sp³-hybridized carbons (Fsp3) is 0.320. The molecular weight excluding hydrogens is 394 g/mol. The van der Waals surface area contributed by atoms with Gasteiger partial charge >= 0.3 is 5.97 Å². The number of rotatable bonds is 8. The highest BCUT2D eigenvalue weighted by atomic mass is 16.5. The van der Waals surface area contributed by atoms with E-state index in [1.165, 1.54) is 0 Å². The fourth-order valence-electron chi connectivity index (χ4n) is 3.23. The predicted molar refractivity (Wildman–Crippen MR) is 119 cm³/mol. The maximum absolute atomic E-state index is 12.3. The number of esters is 1. The van der Waals surface area contributed by atoms with Crippen molar-refractivity contribution in [3.05, 3.63) is 64.9 Å². The van der Waals surface area contributed by atoms with E-state index in [9.17, 15) is 14.4 Å². The van der Waals surface area contributed by atoms with Gasteiger partial charge < -0.3 is 14.5 Å². The summed E-state index contributed by atoms with van der Waals surface area (Å²) in [6, 6.07) is 10.5. The van der Waals surface area contributed by atoms with Gasteiger partial charge in [0.1, 0.15) is 5.58 Å². The summed E-state index contributed by atoms with van der Waals surface area (Å²) >= 11 is 0. The second-order valence-electron chi connectivity index (χ2n) is 8.18. The van der Waals surface area contributed by atoms with Gasteiger partial charge in [-0.2, -0.15) is 0 Å². The Bertz CT molecular complexity index is 1110. The van der Waals surface area contributed by atoms with Crippen molar-refractivity contribution < 1.29 is 23.5 Å². The standard InChI is InChI=1S/C25H27NO5/c1-15(2)9-24(28)26-20-7-5-18(6-8-20)22(27)14-31-25(29)12-19-13-30-23-11-17(4)16(3)10-21(19)23/h5-8,10-11,13,15H,9,12,14H2,1-4H3,(H,26,28). The van der Waals surface area contributed by atoms with Crippen LogP contribution in [0.5, 0.6) is 0 Å². The summed E-state index contributed by atoms with van der Waals surface area (Å²) in [5, 5.41) is 3.67. The van der Waals surface area contributed by atoms with Gasteiger partial charge in [-0.1, -0.05) is 13.8 Å². The largest absolute Gasteiger partial charge is 0.464 e. The molecule has 1 N–H and O–H groups in total. The molecule has 31 heavy (non-hydrogen) atoms. The first kappa shape index (κ1) is 22.3. The zero-order chi connectivity index (χ0) is 22.5. The molecular formula is C25H27NO5. The summed E-state index contributed by atoms with van der Waals surface area (Å²) in [5.74, 6) is -0.604. The van der Waals surface area contributed by atoms with Crippen LogP contribution >= 0.6 is 0 Å². The number of hydrogen-bond acceptors (Lipinski definition) is 5. The highest BCUT2D eigenvalue weighted by Crippen LogP contribution is 2.25. The van der Waals surface area contributed by atoms with E-state index in [1.807, 2.05) is 39.8 Å². The summed E-state index contributed by atoms with van der Waals surface area (Å²) in [4.78, 5) is 36.4. The van der Waals surface area contributed by atoms with Gasteiger partial charge in [0.2, 0.25) is 5.91 Å². The van der Waals surface area contributed by atoms with Crippen LogP contribution in [-0.4, -0.2) is 24.3 Å². The van der Waals surface area contributed by atoms with Crippen LogP contribution < -0.4 is 5.32 Å². The average Bonchev–Trinajstić information content (AvgIpc) is 3.07. The van der Waals surface area contributed by atoms with E-state index in [0.29, 0.717) is 17.7 Å². The van der Waals surface area contributed by atoms with E-state index in [0.717, 1.165) is 27.7 Å². The van der Waals surface area contributed by atoms with Crippen LogP contribution in [0.3, 0.4) is 0 Å². The van der Waals surface area contributed by atoms with Crippen molar-refractivity contribution in [1.29, 1.82) is 0 Å². The lowest BCUT2D eigenvalue weighted by atomic mass is 10.0. The van der Waals surface area contributed by atoms with E-state index in [2.05, 4.69) is 5.32 Å². The lowest BCUT2D eigenvalue weighted by Crippen LogP contribution is -2.16. The number of anilines is 1. The molecule has 6 nitrogen and oxygen atoms in total. The molecule has 0 radical (unpaired) electrons. The van der Waals surface area contributed by atoms with Gasteiger partial charge in [0.25, 0.3) is 0 Å². The molecule has 3 aromatic rings. The molecule has 1 heterocycles. The van der Waals surface area contributed by atoms with Crippen molar-refractivity contribution in [1.82, 2.24) is 0 Å². The van der Waals surface area contributed by atoms with E-state index >= 15 is 0 Å². The minimum atomic E-state index is -0.494. The van der Waals surface area contributed by atoms with E-state index in [1.54, 1.807) is 30.5 Å². The van der Waals surface area contributed by atoms with Crippen LogP contribution in [0, 0.1) is 19.8 Å². The summed E-state index contributed by atoms with van der Waals surface area (Å²) < 4.78 is 10.7. The van der Waals surface area contributed by atoms with Crippen LogP contribution in [0.4, 0.5) is 5.69 Å². The Hall–Kier alpha value is -3.41. The highest BCUT2D eigenvalue weighted by molar-refractivity contribution is 5.99. The lowest BCUT2D eigenvalue weighted by Gasteiger charge is -2.08. The quantitative estimate of drug-likeness (QED) is 0.408. The summed E-state index contributed by atoms with van der Waals surface area (Å²) in [6.07, 6.45) is 2.02. The van der Waals surface area contributed by atoms with Gasteiger partial charge in [0, 0.05) is 28.6 Å². The third kappa shape index (κ3) is 5.81. The van der Waals surface area contributed by atoms with Crippen LogP contribution in [0.15, 0.2) is 47.1 Å². The van der Waals surface area contributed by atoms with E-state index in [-0.39, 0.29) is 30.6 Å². The Morgan fingerprint density at radius 3 is 2.39 bits per heavy atom. The van der Waals surface area contributed by atoms with Crippen molar-refractivity contribution in [3.63, 3.8) is 0 Å². The Morgan fingerprint density at radius 2 is 1.71 bits per heavy atom. The number of carbonyl (C=O) groups is 3. The lowest BCUT2D eigenvalue weighted by molar-refractivity contribution is -0.141. The molecule has 0 saturated heterocycles. The monoisotopic (exact) mass is 421 g/mol. The second kappa shape index (κ2) is 9.60. The number of benzene rings is 2. The highest BCUT2D eigenvalue weighted by Gasteiger charge is 2.15. The van der Waals surface area contributed by atoms with E-state index < -0.39 is 5.97 Å². The Balaban J connectivity index is 1.54. The molecule has 0 aliphatic rings. The maximum Gasteiger partial charge on any atom is 0.310 e. The third-order valence-corrected chi connectivity index (χ3v) is 5.05. The SMILES string of the molecule is Cc1cc2occ(CC(=O)OCC(=O)c3ccc(NC(=O)CC(C)C)cc3)c2cc1C. The summed E-state index contributed by atoms with van der Waals surface area (Å²) in [7, 11) is 0. The number of amides is 1. The minimum absolute atomic E-state index is 0.0314. The molecule has 1 aromatic heterocycles. The molecule has 0 saturated carbocycles. The van der Waals surface area contributed by atoms with Crippen molar-refractivity contribution >= 4 is 34.3 Å².